The van der Waals surface area contributed by atoms with Gasteiger partial charge in [-0.3, -0.25) is 9.59 Å². The van der Waals surface area contributed by atoms with Crippen molar-refractivity contribution >= 4 is 80.9 Å². The van der Waals surface area contributed by atoms with Gasteiger partial charge in [-0.1, -0.05) is 52.2 Å². The van der Waals surface area contributed by atoms with Gasteiger partial charge in [-0.25, -0.2) is 8.78 Å². The van der Waals surface area contributed by atoms with Gasteiger partial charge in [0.1, 0.15) is 11.6 Å². The molecule has 2 aromatic rings. The van der Waals surface area contributed by atoms with E-state index >= 15 is 0 Å². The van der Waals surface area contributed by atoms with Crippen LogP contribution in [0.5, 0.6) is 0 Å². The highest BCUT2D eigenvalue weighted by atomic mass is 127. The Morgan fingerprint density at radius 2 is 1.41 bits per heavy atom. The van der Waals surface area contributed by atoms with E-state index in [4.69, 9.17) is 51.1 Å². The molecular formula is C26H31Cl4F2IO4. The molecule has 11 heteroatoms. The molecule has 0 fully saturated rings. The predicted molar refractivity (Wildman–Crippen MR) is 157 cm³/mol. The van der Waals surface area contributed by atoms with E-state index in [2.05, 4.69) is 27.3 Å². The standard InChI is InChI=1S/C13H15Cl2FO2.C9H8ClFO2.C4H8ClI/c1-18-13(17)12(4-2-3-5-14)9-6-10(15)8-11(16)7-9;1-13-9(12)4-6-2-7(10)5-8(11)3-6;5-3-1-2-4-6/h6-8,12H,2-5H2,1H3;2-3,5H,4H2,1H3;1-4H2. The van der Waals surface area contributed by atoms with Crippen LogP contribution in [0.25, 0.3) is 0 Å². The third-order valence-corrected chi connectivity index (χ3v) is 6.40. The van der Waals surface area contributed by atoms with Crippen molar-refractivity contribution in [2.45, 2.75) is 44.4 Å². The highest BCUT2D eigenvalue weighted by Crippen LogP contribution is 2.27. The number of esters is 2. The maximum absolute atomic E-state index is 13.3. The summed E-state index contributed by atoms with van der Waals surface area (Å²) in [7, 11) is 2.60. The van der Waals surface area contributed by atoms with Crippen molar-refractivity contribution < 1.29 is 27.8 Å². The number of halogens is 7. The number of ether oxygens (including phenoxy) is 2. The van der Waals surface area contributed by atoms with E-state index in [-0.39, 0.29) is 22.4 Å². The molecule has 1 atom stereocenters. The SMILES string of the molecule is COC(=O)C(CCCCCl)c1cc(F)cc(Cl)c1.COC(=O)Cc1cc(F)cc(Cl)c1.ClCCCCI. The molecule has 0 saturated heterocycles. The number of rotatable bonds is 11. The van der Waals surface area contributed by atoms with Gasteiger partial charge in [-0.15, -0.1) is 23.2 Å². The fourth-order valence-corrected chi connectivity index (χ4v) is 4.31. The number of unbranched alkanes of at least 4 members (excludes halogenated alkanes) is 2. The first-order chi connectivity index (χ1) is 17.6. The third-order valence-electron chi connectivity index (χ3n) is 4.67. The van der Waals surface area contributed by atoms with Gasteiger partial charge >= 0.3 is 11.9 Å². The van der Waals surface area contributed by atoms with Crippen LogP contribution in [0.1, 0.15) is 49.1 Å². The third kappa shape index (κ3) is 17.4. The zero-order valence-electron chi connectivity index (χ0n) is 20.7. The van der Waals surface area contributed by atoms with Gasteiger partial charge in [0.05, 0.1) is 26.6 Å². The number of methoxy groups -OCH3 is 2. The largest absolute Gasteiger partial charge is 0.469 e. The molecule has 0 radical (unpaired) electrons. The number of carbonyl (C=O) groups is 2. The van der Waals surface area contributed by atoms with Crippen molar-refractivity contribution in [3.63, 3.8) is 0 Å². The summed E-state index contributed by atoms with van der Waals surface area (Å²) in [5, 5.41) is 0.551. The van der Waals surface area contributed by atoms with E-state index in [1.165, 1.54) is 61.8 Å². The average molecular weight is 714 g/mol. The molecule has 0 bridgehead atoms. The summed E-state index contributed by atoms with van der Waals surface area (Å²) in [6, 6.07) is 8.08. The Morgan fingerprint density at radius 3 is 1.86 bits per heavy atom. The molecule has 2 rings (SSSR count). The minimum atomic E-state index is -0.494. The van der Waals surface area contributed by atoms with E-state index in [0.717, 1.165) is 18.7 Å². The van der Waals surface area contributed by atoms with Crippen LogP contribution < -0.4 is 0 Å². The number of hydrogen-bond acceptors (Lipinski definition) is 4. The summed E-state index contributed by atoms with van der Waals surface area (Å²) in [5.41, 5.74) is 1.05. The fourth-order valence-electron chi connectivity index (χ4n) is 2.92. The summed E-state index contributed by atoms with van der Waals surface area (Å²) in [5.74, 6) is -0.838. The maximum atomic E-state index is 13.3. The fraction of sp³-hybridized carbons (Fsp3) is 0.462. The molecule has 208 valence electrons. The van der Waals surface area contributed by atoms with Crippen LogP contribution in [0, 0.1) is 11.6 Å². The van der Waals surface area contributed by atoms with Crippen LogP contribution in [0.3, 0.4) is 0 Å². The lowest BCUT2D eigenvalue weighted by atomic mass is 9.93. The van der Waals surface area contributed by atoms with Crippen LogP contribution in [0.4, 0.5) is 8.78 Å². The van der Waals surface area contributed by atoms with Crippen LogP contribution in [-0.2, 0) is 25.5 Å². The Labute approximate surface area is 251 Å². The lowest BCUT2D eigenvalue weighted by Crippen LogP contribution is -2.14. The van der Waals surface area contributed by atoms with Gasteiger partial charge in [-0.2, -0.15) is 0 Å². The lowest BCUT2D eigenvalue weighted by molar-refractivity contribution is -0.142. The molecule has 0 spiro atoms. The monoisotopic (exact) mass is 712 g/mol. The second kappa shape index (κ2) is 22.0. The molecule has 1 unspecified atom stereocenters. The van der Waals surface area contributed by atoms with Crippen LogP contribution in [0.2, 0.25) is 10.0 Å². The molecule has 0 aromatic heterocycles. The summed E-state index contributed by atoms with van der Waals surface area (Å²) in [4.78, 5) is 22.5. The van der Waals surface area contributed by atoms with Gasteiger partial charge < -0.3 is 9.47 Å². The molecule has 4 nitrogen and oxygen atoms in total. The van der Waals surface area contributed by atoms with Gasteiger partial charge in [0.25, 0.3) is 0 Å². The Morgan fingerprint density at radius 1 is 0.838 bits per heavy atom. The molecule has 2 aromatic carbocycles. The Kier molecular flexibility index (Phi) is 21.5. The zero-order chi connectivity index (χ0) is 28.2. The minimum absolute atomic E-state index is 0.0357. The average Bonchev–Trinajstić information content (AvgIpc) is 2.84. The summed E-state index contributed by atoms with van der Waals surface area (Å²) in [6.07, 6.45) is 4.62. The first kappa shape index (κ1) is 36.1. The second-order valence-corrected chi connectivity index (χ2v) is 10.3. The topological polar surface area (TPSA) is 52.6 Å². The molecule has 0 heterocycles. The van der Waals surface area contributed by atoms with E-state index in [9.17, 15) is 18.4 Å². The summed E-state index contributed by atoms with van der Waals surface area (Å²) < 4.78 is 36.4. The van der Waals surface area contributed by atoms with Gasteiger partial charge in [0.15, 0.2) is 0 Å². The molecule has 0 N–H and O–H groups in total. The van der Waals surface area contributed by atoms with E-state index < -0.39 is 23.5 Å². The van der Waals surface area contributed by atoms with Crippen molar-refractivity contribution in [3.05, 3.63) is 69.2 Å². The lowest BCUT2D eigenvalue weighted by Gasteiger charge is -2.15. The molecule has 0 amide bonds. The summed E-state index contributed by atoms with van der Waals surface area (Å²) >= 11 is 24.7. The summed E-state index contributed by atoms with van der Waals surface area (Å²) in [6.45, 7) is 0. The normalized spacial score (nSPS) is 10.8. The first-order valence-corrected chi connectivity index (χ1v) is 14.7. The zero-order valence-corrected chi connectivity index (χ0v) is 25.9. The Hall–Kier alpha value is -0.870. The molecular weight excluding hydrogens is 683 g/mol. The first-order valence-electron chi connectivity index (χ1n) is 11.3. The quantitative estimate of drug-likeness (QED) is 0.101. The number of alkyl halides is 3. The number of carbonyl (C=O) groups excluding carboxylic acids is 2. The number of hydrogen-bond donors (Lipinski definition) is 0. The van der Waals surface area contributed by atoms with Gasteiger partial charge in [-0.05, 0) is 77.6 Å². The minimum Gasteiger partial charge on any atom is -0.469 e. The number of benzene rings is 2. The van der Waals surface area contributed by atoms with Crippen molar-refractivity contribution in [1.82, 2.24) is 0 Å². The van der Waals surface area contributed by atoms with Crippen LogP contribution in [-0.4, -0.2) is 42.3 Å². The highest BCUT2D eigenvalue weighted by Gasteiger charge is 2.22. The smallest absolute Gasteiger partial charge is 0.313 e. The Balaban J connectivity index is 0.000000594. The predicted octanol–water partition coefficient (Wildman–Crippen LogP) is 8.78. The van der Waals surface area contributed by atoms with Crippen molar-refractivity contribution in [1.29, 1.82) is 0 Å². The molecule has 0 saturated carbocycles. The maximum Gasteiger partial charge on any atom is 0.313 e. The van der Waals surface area contributed by atoms with E-state index in [1.54, 1.807) is 6.07 Å². The van der Waals surface area contributed by atoms with E-state index in [0.29, 0.717) is 23.4 Å². The molecule has 0 aliphatic carbocycles. The molecule has 0 aliphatic rings. The highest BCUT2D eigenvalue weighted by molar-refractivity contribution is 14.1. The van der Waals surface area contributed by atoms with Gasteiger partial charge in [0, 0.05) is 21.8 Å². The van der Waals surface area contributed by atoms with Crippen molar-refractivity contribution in [2.75, 3.05) is 30.4 Å². The van der Waals surface area contributed by atoms with Crippen molar-refractivity contribution in [3.8, 4) is 0 Å². The van der Waals surface area contributed by atoms with Crippen molar-refractivity contribution in [2.24, 2.45) is 0 Å². The van der Waals surface area contributed by atoms with Crippen LogP contribution in [0.15, 0.2) is 36.4 Å². The molecule has 37 heavy (non-hydrogen) atoms. The van der Waals surface area contributed by atoms with Crippen LogP contribution >= 0.6 is 69.0 Å². The second-order valence-electron chi connectivity index (χ2n) is 7.58. The van der Waals surface area contributed by atoms with E-state index in [1.807, 2.05) is 0 Å². The molecule has 0 aliphatic heterocycles. The van der Waals surface area contributed by atoms with Gasteiger partial charge in [0.2, 0.25) is 0 Å². The Bertz CT molecular complexity index is 906.